The average molecular weight is 451 g/mol. The van der Waals surface area contributed by atoms with Crippen LogP contribution in [0.5, 0.6) is 0 Å². The van der Waals surface area contributed by atoms with Gasteiger partial charge in [-0.05, 0) is 26.0 Å². The second-order valence-corrected chi connectivity index (χ2v) is 8.16. The van der Waals surface area contributed by atoms with E-state index in [1.807, 2.05) is 18.2 Å². The van der Waals surface area contributed by atoms with E-state index >= 15 is 0 Å². The molecular formula is C21H36Cl2N2O4. The highest BCUT2D eigenvalue weighted by Crippen LogP contribution is 2.48. The Morgan fingerprint density at radius 3 is 2.24 bits per heavy atom. The molecule has 1 aromatic carbocycles. The highest BCUT2D eigenvalue weighted by Gasteiger charge is 2.53. The van der Waals surface area contributed by atoms with Gasteiger partial charge in [0.05, 0.1) is 18.8 Å². The van der Waals surface area contributed by atoms with E-state index in [1.165, 1.54) is 0 Å². The number of ether oxygens (including phenoxy) is 1. The summed E-state index contributed by atoms with van der Waals surface area (Å²) in [6, 6.07) is 10.6. The lowest BCUT2D eigenvalue weighted by atomic mass is 9.63. The van der Waals surface area contributed by atoms with Crippen molar-refractivity contribution in [2.45, 2.75) is 38.8 Å². The number of piperidine rings is 1. The number of rotatable bonds is 3. The van der Waals surface area contributed by atoms with Gasteiger partial charge in [-0.3, -0.25) is 9.69 Å². The lowest BCUT2D eigenvalue weighted by Crippen LogP contribution is -2.63. The van der Waals surface area contributed by atoms with E-state index in [2.05, 4.69) is 42.8 Å². The summed E-state index contributed by atoms with van der Waals surface area (Å²) in [5, 5.41) is 19.2. The van der Waals surface area contributed by atoms with E-state index in [0.29, 0.717) is 6.04 Å². The summed E-state index contributed by atoms with van der Waals surface area (Å²) in [6.45, 7) is 10.9. The molecule has 6 nitrogen and oxygen atoms in total. The molecule has 0 aliphatic carbocycles. The van der Waals surface area contributed by atoms with Crippen LogP contribution in [0.25, 0.3) is 0 Å². The van der Waals surface area contributed by atoms with Crippen molar-refractivity contribution in [3.63, 3.8) is 0 Å². The number of aliphatic hydroxyl groups is 1. The number of hydrogen-bond acceptors (Lipinski definition) is 5. The molecule has 0 bridgehead atoms. The Hall–Kier alpha value is -0.890. The summed E-state index contributed by atoms with van der Waals surface area (Å²) in [4.78, 5) is 13.8. The molecule has 3 rings (SSSR count). The molecule has 3 unspecified atom stereocenters. The number of halogens is 2. The Morgan fingerprint density at radius 2 is 1.72 bits per heavy atom. The zero-order valence-corrected chi connectivity index (χ0v) is 19.5. The van der Waals surface area contributed by atoms with Gasteiger partial charge in [0, 0.05) is 44.6 Å². The van der Waals surface area contributed by atoms with Gasteiger partial charge in [-0.2, -0.15) is 0 Å². The number of nitrogens with zero attached hydrogens (tertiary/aromatic N) is 2. The van der Waals surface area contributed by atoms with Crippen LogP contribution in [0.15, 0.2) is 30.3 Å². The summed E-state index contributed by atoms with van der Waals surface area (Å²) in [6.07, 6.45) is 0.772. The highest BCUT2D eigenvalue weighted by atomic mass is 35.5. The van der Waals surface area contributed by atoms with Gasteiger partial charge in [0.25, 0.3) is 5.97 Å². The Balaban J connectivity index is 0.00000120. The van der Waals surface area contributed by atoms with E-state index in [1.54, 1.807) is 0 Å². The van der Waals surface area contributed by atoms with Crippen LogP contribution in [-0.4, -0.2) is 78.5 Å². The number of carbonyl (C=O) groups is 1. The number of carboxylic acid groups (broad SMARTS) is 1. The number of benzene rings is 1. The molecule has 2 N–H and O–H groups in total. The Morgan fingerprint density at radius 1 is 1.21 bits per heavy atom. The van der Waals surface area contributed by atoms with Gasteiger partial charge in [-0.1, -0.05) is 37.3 Å². The molecule has 29 heavy (non-hydrogen) atoms. The maximum absolute atomic E-state index is 11.8. The number of carboxylic acids is 1. The minimum Gasteiger partial charge on any atom is -0.481 e. The molecule has 2 aliphatic rings. The predicted octanol–water partition coefficient (Wildman–Crippen LogP) is 2.87. The smallest absolute Gasteiger partial charge is 0.300 e. The molecule has 2 heterocycles. The average Bonchev–Trinajstić information content (AvgIpc) is 2.61. The largest absolute Gasteiger partial charge is 0.481 e. The van der Waals surface area contributed by atoms with Crippen LogP contribution in [-0.2, 0) is 15.1 Å². The molecule has 0 radical (unpaired) electrons. The summed E-state index contributed by atoms with van der Waals surface area (Å²) in [5.41, 5.74) is 0.0570. The van der Waals surface area contributed by atoms with Crippen LogP contribution in [0.2, 0.25) is 0 Å². The monoisotopic (exact) mass is 450 g/mol. The van der Waals surface area contributed by atoms with Crippen molar-refractivity contribution >= 4 is 30.8 Å². The third-order valence-corrected chi connectivity index (χ3v) is 5.87. The van der Waals surface area contributed by atoms with Crippen molar-refractivity contribution in [2.24, 2.45) is 5.41 Å². The fraction of sp³-hybridized carbons (Fsp3) is 0.667. The fourth-order valence-electron chi connectivity index (χ4n) is 4.28. The van der Waals surface area contributed by atoms with Crippen LogP contribution in [0.4, 0.5) is 0 Å². The van der Waals surface area contributed by atoms with Crippen LogP contribution in [0.1, 0.15) is 32.8 Å². The van der Waals surface area contributed by atoms with Gasteiger partial charge >= 0.3 is 0 Å². The summed E-state index contributed by atoms with van der Waals surface area (Å²) in [5.74, 6) is -0.833. The van der Waals surface area contributed by atoms with Gasteiger partial charge in [0.2, 0.25) is 0 Å². The minimum atomic E-state index is -0.833. The third kappa shape index (κ3) is 7.09. The molecule has 1 aromatic rings. The molecule has 0 aromatic heterocycles. The van der Waals surface area contributed by atoms with E-state index in [9.17, 15) is 5.11 Å². The van der Waals surface area contributed by atoms with Gasteiger partial charge in [0.1, 0.15) is 0 Å². The van der Waals surface area contributed by atoms with Gasteiger partial charge in [0.15, 0.2) is 0 Å². The van der Waals surface area contributed by atoms with Crippen molar-refractivity contribution < 1.29 is 19.7 Å². The van der Waals surface area contributed by atoms with Gasteiger partial charge in [-0.15, -0.1) is 24.8 Å². The van der Waals surface area contributed by atoms with Gasteiger partial charge in [-0.25, -0.2) is 0 Å². The van der Waals surface area contributed by atoms with Gasteiger partial charge < -0.3 is 19.8 Å². The summed E-state index contributed by atoms with van der Waals surface area (Å²) >= 11 is 0. The van der Waals surface area contributed by atoms with Crippen LogP contribution >= 0.6 is 24.8 Å². The van der Waals surface area contributed by atoms with Crippen LogP contribution < -0.4 is 0 Å². The number of morpholine rings is 1. The lowest BCUT2D eigenvalue weighted by molar-refractivity contribution is -0.158. The molecule has 168 valence electrons. The fourth-order valence-corrected chi connectivity index (χ4v) is 4.28. The lowest BCUT2D eigenvalue weighted by Gasteiger charge is -2.55. The molecule has 0 saturated carbocycles. The summed E-state index contributed by atoms with van der Waals surface area (Å²) in [7, 11) is 2.17. The van der Waals surface area contributed by atoms with Crippen molar-refractivity contribution in [1.82, 2.24) is 9.80 Å². The molecule has 2 saturated heterocycles. The normalized spacial score (nSPS) is 30.2. The maximum Gasteiger partial charge on any atom is 0.300 e. The number of hydrogen-bond donors (Lipinski definition) is 2. The predicted molar refractivity (Wildman–Crippen MR) is 120 cm³/mol. The topological polar surface area (TPSA) is 73.2 Å². The zero-order chi connectivity index (χ0) is 20.1. The van der Waals surface area contributed by atoms with Crippen LogP contribution in [0.3, 0.4) is 0 Å². The third-order valence-electron chi connectivity index (χ3n) is 5.87. The maximum atomic E-state index is 11.8. The van der Waals surface area contributed by atoms with E-state index < -0.39 is 11.6 Å². The van der Waals surface area contributed by atoms with E-state index in [-0.39, 0.29) is 30.2 Å². The second-order valence-electron chi connectivity index (χ2n) is 8.16. The molecule has 2 aliphatic heterocycles. The first-order valence-electron chi connectivity index (χ1n) is 9.66. The second kappa shape index (κ2) is 12.1. The first kappa shape index (κ1) is 28.1. The SMILES string of the molecule is CC(=O)O.CC1CC(O)(c2ccccc2)C(C)(CN2CCOCC2)CN1C.Cl.Cl. The first-order chi connectivity index (χ1) is 12.7. The Labute approximate surface area is 187 Å². The summed E-state index contributed by atoms with van der Waals surface area (Å²) < 4.78 is 5.48. The van der Waals surface area contributed by atoms with E-state index in [0.717, 1.165) is 58.3 Å². The first-order valence-corrected chi connectivity index (χ1v) is 9.66. The van der Waals surface area contributed by atoms with Crippen molar-refractivity contribution in [3.8, 4) is 0 Å². The number of likely N-dealkylation sites (tertiary alicyclic amines) is 1. The molecule has 3 atom stereocenters. The molecule has 0 amide bonds. The van der Waals surface area contributed by atoms with Crippen molar-refractivity contribution in [1.29, 1.82) is 0 Å². The molecule has 0 spiro atoms. The molecule has 2 fully saturated rings. The number of aliphatic carboxylic acids is 1. The van der Waals surface area contributed by atoms with Crippen molar-refractivity contribution in [3.05, 3.63) is 35.9 Å². The minimum absolute atomic E-state index is 0. The molecular weight excluding hydrogens is 415 g/mol. The Bertz CT molecular complexity index is 612. The van der Waals surface area contributed by atoms with Crippen molar-refractivity contribution in [2.75, 3.05) is 46.4 Å². The van der Waals surface area contributed by atoms with E-state index in [4.69, 9.17) is 14.6 Å². The zero-order valence-electron chi connectivity index (χ0n) is 17.8. The van der Waals surface area contributed by atoms with Crippen LogP contribution in [0, 0.1) is 5.41 Å². The Kier molecular flexibility index (Phi) is 11.7. The standard InChI is InChI=1S/C19H30N2O2.C2H4O2.2ClH/c1-16-13-19(22,17-7-5-4-6-8-17)18(2,14-20(16)3)15-21-9-11-23-12-10-21;1-2(3)4;;/h4-8,16,22H,9-15H2,1-3H3;1H3,(H,3,4);2*1H. The molecule has 8 heteroatoms. The quantitative estimate of drug-likeness (QED) is 0.737. The highest BCUT2D eigenvalue weighted by molar-refractivity contribution is 5.85.